The van der Waals surface area contributed by atoms with Gasteiger partial charge in [-0.25, -0.2) is 4.79 Å². The van der Waals surface area contributed by atoms with Crippen LogP contribution in [0.4, 0.5) is 11.4 Å². The lowest BCUT2D eigenvalue weighted by molar-refractivity contribution is -0.122. The van der Waals surface area contributed by atoms with Gasteiger partial charge in [0.2, 0.25) is 0 Å². The largest absolute Gasteiger partial charge is 0.462 e. The number of hydrogen-bond donors (Lipinski definition) is 1. The Bertz CT molecular complexity index is 543. The van der Waals surface area contributed by atoms with Crippen LogP contribution in [-0.2, 0) is 14.3 Å². The second-order valence-electron chi connectivity index (χ2n) is 4.58. The summed E-state index contributed by atoms with van der Waals surface area (Å²) in [5.41, 5.74) is 6.89. The molecule has 0 unspecified atom stereocenters. The zero-order valence-corrected chi connectivity index (χ0v) is 13.0. The molecule has 0 aliphatic heterocycles. The average Bonchev–Trinajstić information content (AvgIpc) is 2.50. The van der Waals surface area contributed by atoms with E-state index in [1.165, 1.54) is 4.90 Å². The van der Waals surface area contributed by atoms with Gasteiger partial charge in [0.15, 0.2) is 0 Å². The fourth-order valence-corrected chi connectivity index (χ4v) is 1.76. The van der Waals surface area contributed by atoms with Crippen molar-refractivity contribution in [3.63, 3.8) is 0 Å². The number of carbonyl (C=O) groups is 2. The summed E-state index contributed by atoms with van der Waals surface area (Å²) in [7, 11) is 1.57. The number of hydrogen-bond acceptors (Lipinski definition) is 5. The van der Waals surface area contributed by atoms with E-state index in [1.807, 2.05) is 0 Å². The molecule has 0 saturated heterocycles. The molecular formula is C16H22N2O4. The number of anilines is 2. The Morgan fingerprint density at radius 3 is 2.77 bits per heavy atom. The second-order valence-corrected chi connectivity index (χ2v) is 4.58. The Morgan fingerprint density at radius 1 is 1.41 bits per heavy atom. The van der Waals surface area contributed by atoms with Crippen LogP contribution >= 0.6 is 0 Å². The highest BCUT2D eigenvalue weighted by Gasteiger charge is 2.20. The summed E-state index contributed by atoms with van der Waals surface area (Å²) in [6, 6.07) is 4.70. The smallest absolute Gasteiger partial charge is 0.340 e. The molecule has 0 saturated carbocycles. The number of likely N-dealkylation sites (N-methyl/N-ethyl adjacent to an activating group) is 1. The van der Waals surface area contributed by atoms with Crippen LogP contribution in [0.25, 0.3) is 0 Å². The zero-order chi connectivity index (χ0) is 16.5. The summed E-state index contributed by atoms with van der Waals surface area (Å²) in [6.07, 6.45) is 2.38. The fraction of sp³-hybridized carbons (Fsp3) is 0.375. The Kier molecular flexibility index (Phi) is 7.12. The van der Waals surface area contributed by atoms with Gasteiger partial charge in [-0.15, -0.1) is 6.58 Å². The van der Waals surface area contributed by atoms with Gasteiger partial charge in [-0.05, 0) is 31.5 Å². The Morgan fingerprint density at radius 2 is 2.14 bits per heavy atom. The molecule has 0 aromatic heterocycles. The van der Waals surface area contributed by atoms with Gasteiger partial charge in [0.25, 0.3) is 5.91 Å². The molecule has 0 bridgehead atoms. The van der Waals surface area contributed by atoms with Crippen LogP contribution in [0.1, 0.15) is 23.7 Å². The lowest BCUT2D eigenvalue weighted by Crippen LogP contribution is -2.31. The third kappa shape index (κ3) is 4.89. The summed E-state index contributed by atoms with van der Waals surface area (Å²) in [4.78, 5) is 25.4. The van der Waals surface area contributed by atoms with Gasteiger partial charge in [-0.1, -0.05) is 6.08 Å². The van der Waals surface area contributed by atoms with Crippen LogP contribution in [0.3, 0.4) is 0 Å². The van der Waals surface area contributed by atoms with E-state index in [-0.39, 0.29) is 24.7 Å². The van der Waals surface area contributed by atoms with Gasteiger partial charge in [-0.2, -0.15) is 0 Å². The number of amides is 1. The van der Waals surface area contributed by atoms with Crippen LogP contribution in [0.15, 0.2) is 30.9 Å². The van der Waals surface area contributed by atoms with E-state index in [1.54, 1.807) is 38.2 Å². The minimum absolute atomic E-state index is 0.0819. The quantitative estimate of drug-likeness (QED) is 0.344. The number of nitrogens with zero attached hydrogens (tertiary/aromatic N) is 1. The van der Waals surface area contributed by atoms with E-state index in [2.05, 4.69) is 6.58 Å². The number of carbonyl (C=O) groups excluding carboxylic acids is 2. The van der Waals surface area contributed by atoms with Crippen molar-refractivity contribution in [3.05, 3.63) is 36.4 Å². The van der Waals surface area contributed by atoms with Crippen LogP contribution in [-0.4, -0.2) is 38.7 Å². The highest BCUT2D eigenvalue weighted by molar-refractivity contribution is 6.03. The van der Waals surface area contributed by atoms with Gasteiger partial charge < -0.3 is 20.1 Å². The van der Waals surface area contributed by atoms with E-state index in [9.17, 15) is 9.59 Å². The molecule has 2 N–H and O–H groups in total. The predicted octanol–water partition coefficient (Wildman–Crippen LogP) is 2.00. The van der Waals surface area contributed by atoms with Crippen molar-refractivity contribution in [2.45, 2.75) is 13.3 Å². The van der Waals surface area contributed by atoms with Crippen molar-refractivity contribution in [1.82, 2.24) is 0 Å². The predicted molar refractivity (Wildman–Crippen MR) is 85.9 cm³/mol. The summed E-state index contributed by atoms with van der Waals surface area (Å²) >= 11 is 0. The molecule has 1 aromatic carbocycles. The van der Waals surface area contributed by atoms with Crippen molar-refractivity contribution < 1.29 is 19.1 Å². The van der Waals surface area contributed by atoms with Gasteiger partial charge in [0.1, 0.15) is 6.61 Å². The van der Waals surface area contributed by atoms with Crippen LogP contribution < -0.4 is 10.6 Å². The number of rotatable bonds is 8. The molecule has 1 amide bonds. The topological polar surface area (TPSA) is 81.9 Å². The van der Waals surface area contributed by atoms with E-state index in [0.29, 0.717) is 24.4 Å². The summed E-state index contributed by atoms with van der Waals surface area (Å²) in [5, 5.41) is 0. The van der Waals surface area contributed by atoms with Gasteiger partial charge in [0, 0.05) is 12.7 Å². The van der Waals surface area contributed by atoms with E-state index < -0.39 is 5.97 Å². The number of benzene rings is 1. The van der Waals surface area contributed by atoms with E-state index >= 15 is 0 Å². The molecule has 1 aromatic rings. The monoisotopic (exact) mass is 306 g/mol. The molecule has 0 atom stereocenters. The molecule has 0 aliphatic rings. The first-order valence-electron chi connectivity index (χ1n) is 7.03. The Balaban J connectivity index is 2.88. The molecule has 1 rings (SSSR count). The molecule has 0 spiro atoms. The third-order valence-corrected chi connectivity index (χ3v) is 2.94. The number of esters is 1. The normalized spacial score (nSPS) is 10.1. The maximum atomic E-state index is 12.1. The minimum atomic E-state index is -0.496. The molecular weight excluding hydrogens is 284 g/mol. The molecule has 0 radical (unpaired) electrons. The standard InChI is InChI=1S/C16H22N2O4/c1-4-6-9-21-11-15(19)18(3)14-10-12(17)7-8-13(14)16(20)22-5-2/h4,7-8,10H,1,5-6,9,11,17H2,2-3H3. The van der Waals surface area contributed by atoms with Crippen molar-refractivity contribution in [2.24, 2.45) is 0 Å². The average molecular weight is 306 g/mol. The molecule has 6 heteroatoms. The highest BCUT2D eigenvalue weighted by atomic mass is 16.5. The fourth-order valence-electron chi connectivity index (χ4n) is 1.76. The van der Waals surface area contributed by atoms with Crippen LogP contribution in [0, 0.1) is 0 Å². The second kappa shape index (κ2) is 8.84. The number of nitrogen functional groups attached to an aromatic ring is 1. The summed E-state index contributed by atoms with van der Waals surface area (Å²) in [6.45, 7) is 5.89. The minimum Gasteiger partial charge on any atom is -0.462 e. The Labute approximate surface area is 130 Å². The van der Waals surface area contributed by atoms with Crippen molar-refractivity contribution in [1.29, 1.82) is 0 Å². The zero-order valence-electron chi connectivity index (χ0n) is 13.0. The SMILES string of the molecule is C=CCCOCC(=O)N(C)c1cc(N)ccc1C(=O)OCC. The molecule has 0 fully saturated rings. The first-order valence-corrected chi connectivity index (χ1v) is 7.03. The van der Waals surface area contributed by atoms with E-state index in [4.69, 9.17) is 15.2 Å². The maximum absolute atomic E-state index is 12.1. The maximum Gasteiger partial charge on any atom is 0.340 e. The Hall–Kier alpha value is -2.34. The third-order valence-electron chi connectivity index (χ3n) is 2.94. The molecule has 6 nitrogen and oxygen atoms in total. The van der Waals surface area contributed by atoms with Crippen LogP contribution in [0.5, 0.6) is 0 Å². The highest BCUT2D eigenvalue weighted by Crippen LogP contribution is 2.24. The number of nitrogens with two attached hydrogens (primary N) is 1. The first kappa shape index (κ1) is 17.7. The van der Waals surface area contributed by atoms with E-state index in [0.717, 1.165) is 0 Å². The van der Waals surface area contributed by atoms with Crippen molar-refractivity contribution >= 4 is 23.3 Å². The van der Waals surface area contributed by atoms with Gasteiger partial charge in [-0.3, -0.25) is 4.79 Å². The lowest BCUT2D eigenvalue weighted by atomic mass is 10.1. The van der Waals surface area contributed by atoms with Crippen LogP contribution in [0.2, 0.25) is 0 Å². The van der Waals surface area contributed by atoms with Gasteiger partial charge in [0.05, 0.1) is 24.5 Å². The molecule has 0 heterocycles. The summed E-state index contributed by atoms with van der Waals surface area (Å²) < 4.78 is 10.2. The molecule has 120 valence electrons. The van der Waals surface area contributed by atoms with Crippen molar-refractivity contribution in [2.75, 3.05) is 37.5 Å². The summed E-state index contributed by atoms with van der Waals surface area (Å²) in [5.74, 6) is -0.773. The first-order chi connectivity index (χ1) is 10.5. The molecule has 0 aliphatic carbocycles. The van der Waals surface area contributed by atoms with Crippen molar-refractivity contribution in [3.8, 4) is 0 Å². The lowest BCUT2D eigenvalue weighted by Gasteiger charge is -2.20. The number of ether oxygens (including phenoxy) is 2. The van der Waals surface area contributed by atoms with Gasteiger partial charge >= 0.3 is 5.97 Å². The molecule has 22 heavy (non-hydrogen) atoms.